The Hall–Kier alpha value is -3.13. The Morgan fingerprint density at radius 2 is 1.70 bits per heavy atom. The summed E-state index contributed by atoms with van der Waals surface area (Å²) in [5, 5.41) is 11.1. The molecule has 156 valence electrons. The van der Waals surface area contributed by atoms with Gasteiger partial charge < -0.3 is 14.5 Å². The maximum Gasteiger partial charge on any atom is 0.337 e. The van der Waals surface area contributed by atoms with Gasteiger partial charge in [0, 0.05) is 11.3 Å². The van der Waals surface area contributed by atoms with E-state index in [0.717, 1.165) is 17.3 Å². The molecule has 7 nitrogen and oxygen atoms in total. The molecule has 0 saturated heterocycles. The second-order valence-electron chi connectivity index (χ2n) is 7.61. The number of carbonyl (C=O) groups is 2. The summed E-state index contributed by atoms with van der Waals surface area (Å²) in [6.45, 7) is 6.46. The van der Waals surface area contributed by atoms with Crippen LogP contribution in [0.1, 0.15) is 36.7 Å². The van der Waals surface area contributed by atoms with Crippen LogP contribution in [0.15, 0.2) is 58.2 Å². The zero-order valence-electron chi connectivity index (χ0n) is 17.3. The maximum atomic E-state index is 12.2. The van der Waals surface area contributed by atoms with Crippen LogP contribution in [-0.4, -0.2) is 34.9 Å². The van der Waals surface area contributed by atoms with E-state index in [0.29, 0.717) is 22.4 Å². The Morgan fingerprint density at radius 1 is 1.03 bits per heavy atom. The molecule has 2 aromatic carbocycles. The first-order valence-corrected chi connectivity index (χ1v) is 10.3. The van der Waals surface area contributed by atoms with Gasteiger partial charge in [0.15, 0.2) is 0 Å². The van der Waals surface area contributed by atoms with E-state index in [1.165, 1.54) is 12.7 Å². The molecule has 3 rings (SSSR count). The van der Waals surface area contributed by atoms with Gasteiger partial charge in [-0.15, -0.1) is 10.2 Å². The van der Waals surface area contributed by atoms with Gasteiger partial charge in [0.05, 0.1) is 18.4 Å². The number of rotatable bonds is 6. The number of benzene rings is 2. The molecule has 8 heteroatoms. The van der Waals surface area contributed by atoms with E-state index >= 15 is 0 Å². The third-order valence-electron chi connectivity index (χ3n) is 4.32. The lowest BCUT2D eigenvalue weighted by Crippen LogP contribution is -2.14. The zero-order chi connectivity index (χ0) is 21.7. The summed E-state index contributed by atoms with van der Waals surface area (Å²) >= 11 is 1.16. The minimum absolute atomic E-state index is 0.0708. The maximum absolute atomic E-state index is 12.2. The van der Waals surface area contributed by atoms with Crippen molar-refractivity contribution >= 4 is 29.3 Å². The fourth-order valence-electron chi connectivity index (χ4n) is 2.63. The van der Waals surface area contributed by atoms with E-state index in [1.54, 1.807) is 24.3 Å². The Balaban J connectivity index is 1.55. The van der Waals surface area contributed by atoms with E-state index in [4.69, 9.17) is 4.42 Å². The third kappa shape index (κ3) is 5.48. The van der Waals surface area contributed by atoms with Gasteiger partial charge in [-0.2, -0.15) is 0 Å². The normalized spacial score (nSPS) is 11.2. The van der Waals surface area contributed by atoms with Crippen molar-refractivity contribution in [3.8, 4) is 11.5 Å². The molecule has 0 radical (unpaired) electrons. The summed E-state index contributed by atoms with van der Waals surface area (Å²) in [5.74, 6) is -0.121. The number of nitrogens with one attached hydrogen (secondary N) is 1. The summed E-state index contributed by atoms with van der Waals surface area (Å²) < 4.78 is 10.3. The summed E-state index contributed by atoms with van der Waals surface area (Å²) in [7, 11) is 1.32. The highest BCUT2D eigenvalue weighted by atomic mass is 32.2. The average Bonchev–Trinajstić information content (AvgIpc) is 3.21. The van der Waals surface area contributed by atoms with Gasteiger partial charge in [-0.1, -0.05) is 44.7 Å². The summed E-state index contributed by atoms with van der Waals surface area (Å²) in [5.41, 5.74) is 3.12. The number of esters is 1. The topological polar surface area (TPSA) is 94.3 Å². The fourth-order valence-corrected chi connectivity index (χ4v) is 3.19. The number of hydrogen-bond donors (Lipinski definition) is 1. The Bertz CT molecular complexity index is 1020. The van der Waals surface area contributed by atoms with E-state index in [1.807, 2.05) is 24.3 Å². The van der Waals surface area contributed by atoms with Crippen molar-refractivity contribution < 1.29 is 18.7 Å². The van der Waals surface area contributed by atoms with Crippen molar-refractivity contribution in [1.82, 2.24) is 10.2 Å². The van der Waals surface area contributed by atoms with E-state index < -0.39 is 5.97 Å². The van der Waals surface area contributed by atoms with Crippen LogP contribution in [0.3, 0.4) is 0 Å². The van der Waals surface area contributed by atoms with Crippen LogP contribution < -0.4 is 5.32 Å². The average molecular weight is 426 g/mol. The molecule has 1 heterocycles. The molecule has 0 saturated carbocycles. The molecule has 0 aliphatic carbocycles. The van der Waals surface area contributed by atoms with Crippen molar-refractivity contribution in [2.75, 3.05) is 18.2 Å². The van der Waals surface area contributed by atoms with Gasteiger partial charge in [-0.3, -0.25) is 4.79 Å². The Labute approximate surface area is 179 Å². The van der Waals surface area contributed by atoms with E-state index in [-0.39, 0.29) is 17.1 Å². The molecule has 1 N–H and O–H groups in total. The molecule has 0 aliphatic heterocycles. The number of thioether (sulfide) groups is 1. The predicted octanol–water partition coefficient (Wildman–Crippen LogP) is 4.55. The number of carbonyl (C=O) groups excluding carboxylic acids is 2. The Kier molecular flexibility index (Phi) is 6.56. The summed E-state index contributed by atoms with van der Waals surface area (Å²) in [6, 6.07) is 14.5. The second kappa shape index (κ2) is 9.13. The standard InChI is InChI=1S/C22H23N3O4S/c1-22(2,3)16-9-5-14(6-10-16)19-24-25-21(29-19)30-13-18(26)23-17-11-7-15(8-12-17)20(27)28-4/h5-12H,13H2,1-4H3,(H,23,26). The van der Waals surface area contributed by atoms with Crippen LogP contribution in [0.25, 0.3) is 11.5 Å². The minimum atomic E-state index is -0.427. The van der Waals surface area contributed by atoms with Crippen LogP contribution in [0.5, 0.6) is 0 Å². The third-order valence-corrected chi connectivity index (χ3v) is 5.14. The molecule has 0 atom stereocenters. The van der Waals surface area contributed by atoms with E-state index in [9.17, 15) is 9.59 Å². The molecule has 0 fully saturated rings. The van der Waals surface area contributed by atoms with Crippen LogP contribution in [0.4, 0.5) is 5.69 Å². The molecule has 3 aromatic rings. The molecule has 30 heavy (non-hydrogen) atoms. The first-order valence-electron chi connectivity index (χ1n) is 9.32. The molecule has 1 amide bonds. The van der Waals surface area contributed by atoms with Crippen LogP contribution in [0.2, 0.25) is 0 Å². The van der Waals surface area contributed by atoms with Gasteiger partial charge in [-0.05, 0) is 47.4 Å². The highest BCUT2D eigenvalue weighted by molar-refractivity contribution is 7.99. The van der Waals surface area contributed by atoms with Crippen molar-refractivity contribution in [3.05, 3.63) is 59.7 Å². The lowest BCUT2D eigenvalue weighted by atomic mass is 9.87. The van der Waals surface area contributed by atoms with Crippen molar-refractivity contribution in [3.63, 3.8) is 0 Å². The zero-order valence-corrected chi connectivity index (χ0v) is 18.1. The Morgan fingerprint density at radius 3 is 2.30 bits per heavy atom. The largest absolute Gasteiger partial charge is 0.465 e. The first-order chi connectivity index (χ1) is 14.3. The number of methoxy groups -OCH3 is 1. The summed E-state index contributed by atoms with van der Waals surface area (Å²) in [6.07, 6.45) is 0. The smallest absolute Gasteiger partial charge is 0.337 e. The first kappa shape index (κ1) is 21.6. The molecule has 0 aliphatic rings. The van der Waals surface area contributed by atoms with Crippen molar-refractivity contribution in [2.45, 2.75) is 31.4 Å². The molecule has 0 unspecified atom stereocenters. The highest BCUT2D eigenvalue weighted by Gasteiger charge is 2.15. The van der Waals surface area contributed by atoms with Gasteiger partial charge in [0.25, 0.3) is 5.22 Å². The molecule has 0 bridgehead atoms. The number of hydrogen-bond acceptors (Lipinski definition) is 7. The molecular formula is C22H23N3O4S. The van der Waals surface area contributed by atoms with Gasteiger partial charge in [-0.25, -0.2) is 4.79 Å². The lowest BCUT2D eigenvalue weighted by molar-refractivity contribution is -0.113. The van der Waals surface area contributed by atoms with Crippen LogP contribution in [-0.2, 0) is 14.9 Å². The fraction of sp³-hybridized carbons (Fsp3) is 0.273. The van der Waals surface area contributed by atoms with Crippen LogP contribution >= 0.6 is 11.8 Å². The number of anilines is 1. The number of ether oxygens (including phenoxy) is 1. The number of amides is 1. The van der Waals surface area contributed by atoms with Crippen molar-refractivity contribution in [2.24, 2.45) is 0 Å². The quantitative estimate of drug-likeness (QED) is 0.457. The number of aromatic nitrogens is 2. The second-order valence-corrected chi connectivity index (χ2v) is 8.53. The van der Waals surface area contributed by atoms with E-state index in [2.05, 4.69) is 41.0 Å². The SMILES string of the molecule is COC(=O)c1ccc(NC(=O)CSc2nnc(-c3ccc(C(C)(C)C)cc3)o2)cc1. The monoisotopic (exact) mass is 425 g/mol. The molecule has 0 spiro atoms. The number of nitrogens with zero attached hydrogens (tertiary/aromatic N) is 2. The molecular weight excluding hydrogens is 402 g/mol. The highest BCUT2D eigenvalue weighted by Crippen LogP contribution is 2.27. The van der Waals surface area contributed by atoms with Crippen molar-refractivity contribution in [1.29, 1.82) is 0 Å². The van der Waals surface area contributed by atoms with Gasteiger partial charge in [0.1, 0.15) is 0 Å². The summed E-state index contributed by atoms with van der Waals surface area (Å²) in [4.78, 5) is 23.6. The predicted molar refractivity (Wildman–Crippen MR) is 116 cm³/mol. The molecule has 1 aromatic heterocycles. The lowest BCUT2D eigenvalue weighted by Gasteiger charge is -2.18. The van der Waals surface area contributed by atoms with Gasteiger partial charge >= 0.3 is 5.97 Å². The van der Waals surface area contributed by atoms with Crippen LogP contribution in [0, 0.1) is 0 Å². The van der Waals surface area contributed by atoms with Gasteiger partial charge in [0.2, 0.25) is 11.8 Å². The minimum Gasteiger partial charge on any atom is -0.465 e.